The van der Waals surface area contributed by atoms with Crippen molar-refractivity contribution in [3.8, 4) is 0 Å². The molecule has 0 saturated heterocycles. The SMILES string of the molecule is CCCN(CCC)C(=O)Cc1ccccc1Br. The Kier molecular flexibility index (Phi) is 6.27. The van der Waals surface area contributed by atoms with Crippen LogP contribution in [0.1, 0.15) is 32.3 Å². The Bertz CT molecular complexity index is 359. The number of amides is 1. The van der Waals surface area contributed by atoms with E-state index in [1.807, 2.05) is 29.2 Å². The van der Waals surface area contributed by atoms with Crippen LogP contribution >= 0.6 is 15.9 Å². The lowest BCUT2D eigenvalue weighted by Gasteiger charge is -2.21. The van der Waals surface area contributed by atoms with Crippen LogP contribution in [0.5, 0.6) is 0 Å². The standard InChI is InChI=1S/C14H20BrNO/c1-3-9-16(10-4-2)14(17)11-12-7-5-6-8-13(12)15/h5-8H,3-4,9-11H2,1-2H3. The van der Waals surface area contributed by atoms with E-state index < -0.39 is 0 Å². The smallest absolute Gasteiger partial charge is 0.227 e. The average Bonchev–Trinajstić information content (AvgIpc) is 2.32. The zero-order valence-electron chi connectivity index (χ0n) is 10.6. The molecule has 0 heterocycles. The number of hydrogen-bond donors (Lipinski definition) is 0. The molecule has 0 unspecified atom stereocenters. The molecule has 0 fully saturated rings. The zero-order valence-corrected chi connectivity index (χ0v) is 12.2. The minimum Gasteiger partial charge on any atom is -0.342 e. The van der Waals surface area contributed by atoms with E-state index in [-0.39, 0.29) is 5.91 Å². The minimum absolute atomic E-state index is 0.223. The van der Waals surface area contributed by atoms with Crippen molar-refractivity contribution in [2.24, 2.45) is 0 Å². The molecule has 0 aromatic heterocycles. The van der Waals surface area contributed by atoms with Crippen molar-refractivity contribution in [2.45, 2.75) is 33.1 Å². The second-order valence-corrected chi connectivity index (χ2v) is 5.00. The molecule has 0 aliphatic carbocycles. The number of halogens is 1. The Hall–Kier alpha value is -0.830. The average molecular weight is 298 g/mol. The second-order valence-electron chi connectivity index (χ2n) is 4.15. The van der Waals surface area contributed by atoms with Gasteiger partial charge in [-0.1, -0.05) is 48.0 Å². The monoisotopic (exact) mass is 297 g/mol. The number of carbonyl (C=O) groups excluding carboxylic acids is 1. The molecule has 17 heavy (non-hydrogen) atoms. The van der Waals surface area contributed by atoms with Crippen LogP contribution in [-0.2, 0) is 11.2 Å². The van der Waals surface area contributed by atoms with E-state index >= 15 is 0 Å². The molecule has 0 aliphatic heterocycles. The number of nitrogens with zero attached hydrogens (tertiary/aromatic N) is 1. The lowest BCUT2D eigenvalue weighted by Crippen LogP contribution is -2.33. The van der Waals surface area contributed by atoms with Crippen molar-refractivity contribution >= 4 is 21.8 Å². The normalized spacial score (nSPS) is 10.3. The Balaban J connectivity index is 2.66. The highest BCUT2D eigenvalue weighted by Crippen LogP contribution is 2.17. The Labute approximate surface area is 112 Å². The summed E-state index contributed by atoms with van der Waals surface area (Å²) in [6.07, 6.45) is 2.52. The summed E-state index contributed by atoms with van der Waals surface area (Å²) in [6, 6.07) is 7.91. The summed E-state index contributed by atoms with van der Waals surface area (Å²) in [7, 11) is 0. The van der Waals surface area contributed by atoms with Crippen molar-refractivity contribution in [1.82, 2.24) is 4.90 Å². The van der Waals surface area contributed by atoms with Gasteiger partial charge in [0.1, 0.15) is 0 Å². The van der Waals surface area contributed by atoms with E-state index in [9.17, 15) is 4.79 Å². The first kappa shape index (κ1) is 14.2. The third kappa shape index (κ3) is 4.50. The fourth-order valence-electron chi connectivity index (χ4n) is 1.82. The van der Waals surface area contributed by atoms with Crippen LogP contribution in [0.15, 0.2) is 28.7 Å². The molecule has 2 nitrogen and oxygen atoms in total. The minimum atomic E-state index is 0.223. The second kappa shape index (κ2) is 7.49. The van der Waals surface area contributed by atoms with Gasteiger partial charge in [-0.3, -0.25) is 4.79 Å². The van der Waals surface area contributed by atoms with Gasteiger partial charge in [-0.2, -0.15) is 0 Å². The van der Waals surface area contributed by atoms with Crippen LogP contribution in [0, 0.1) is 0 Å². The predicted octanol–water partition coefficient (Wildman–Crippen LogP) is 3.64. The summed E-state index contributed by atoms with van der Waals surface area (Å²) in [5, 5.41) is 0. The maximum Gasteiger partial charge on any atom is 0.227 e. The molecule has 0 saturated carbocycles. The van der Waals surface area contributed by atoms with Gasteiger partial charge in [0.15, 0.2) is 0 Å². The van der Waals surface area contributed by atoms with Crippen molar-refractivity contribution in [1.29, 1.82) is 0 Å². The third-order valence-corrected chi connectivity index (χ3v) is 3.41. The van der Waals surface area contributed by atoms with Crippen LogP contribution in [0.3, 0.4) is 0 Å². The summed E-state index contributed by atoms with van der Waals surface area (Å²) in [6.45, 7) is 5.93. The van der Waals surface area contributed by atoms with Crippen LogP contribution in [0.25, 0.3) is 0 Å². The van der Waals surface area contributed by atoms with Gasteiger partial charge in [0.2, 0.25) is 5.91 Å². The van der Waals surface area contributed by atoms with E-state index in [0.29, 0.717) is 6.42 Å². The number of rotatable bonds is 6. The fourth-order valence-corrected chi connectivity index (χ4v) is 2.24. The highest BCUT2D eigenvalue weighted by Gasteiger charge is 2.13. The van der Waals surface area contributed by atoms with Gasteiger partial charge in [0, 0.05) is 17.6 Å². The summed E-state index contributed by atoms with van der Waals surface area (Å²) in [4.78, 5) is 14.1. The molecule has 3 heteroatoms. The Morgan fingerprint density at radius 2 is 1.76 bits per heavy atom. The Morgan fingerprint density at radius 3 is 2.29 bits per heavy atom. The molecule has 0 atom stereocenters. The molecular formula is C14H20BrNO. The zero-order chi connectivity index (χ0) is 12.7. The van der Waals surface area contributed by atoms with Crippen LogP contribution in [-0.4, -0.2) is 23.9 Å². The molecule has 1 aromatic carbocycles. The van der Waals surface area contributed by atoms with Gasteiger partial charge in [-0.25, -0.2) is 0 Å². The molecule has 0 bridgehead atoms. The van der Waals surface area contributed by atoms with Crippen LogP contribution in [0.4, 0.5) is 0 Å². The number of carbonyl (C=O) groups is 1. The molecule has 0 aliphatic rings. The van der Waals surface area contributed by atoms with Crippen molar-refractivity contribution in [3.05, 3.63) is 34.3 Å². The fraction of sp³-hybridized carbons (Fsp3) is 0.500. The summed E-state index contributed by atoms with van der Waals surface area (Å²) < 4.78 is 1.02. The third-order valence-electron chi connectivity index (χ3n) is 2.64. The topological polar surface area (TPSA) is 20.3 Å². The van der Waals surface area contributed by atoms with Crippen LogP contribution in [0.2, 0.25) is 0 Å². The summed E-state index contributed by atoms with van der Waals surface area (Å²) >= 11 is 3.48. The predicted molar refractivity (Wildman–Crippen MR) is 75.0 cm³/mol. The largest absolute Gasteiger partial charge is 0.342 e. The van der Waals surface area contributed by atoms with E-state index in [0.717, 1.165) is 36.0 Å². The highest BCUT2D eigenvalue weighted by molar-refractivity contribution is 9.10. The number of benzene rings is 1. The summed E-state index contributed by atoms with van der Waals surface area (Å²) in [5.41, 5.74) is 1.06. The quantitative estimate of drug-likeness (QED) is 0.785. The molecule has 0 spiro atoms. The molecule has 94 valence electrons. The first-order valence-corrected chi connectivity index (χ1v) is 6.99. The van der Waals surface area contributed by atoms with Gasteiger partial charge >= 0.3 is 0 Å². The molecular weight excluding hydrogens is 278 g/mol. The molecule has 0 radical (unpaired) electrons. The van der Waals surface area contributed by atoms with E-state index in [4.69, 9.17) is 0 Å². The Morgan fingerprint density at radius 1 is 1.18 bits per heavy atom. The van der Waals surface area contributed by atoms with Gasteiger partial charge in [-0.05, 0) is 24.5 Å². The van der Waals surface area contributed by atoms with Crippen molar-refractivity contribution < 1.29 is 4.79 Å². The molecule has 1 rings (SSSR count). The first-order valence-electron chi connectivity index (χ1n) is 6.20. The number of hydrogen-bond acceptors (Lipinski definition) is 1. The summed E-state index contributed by atoms with van der Waals surface area (Å²) in [5.74, 6) is 0.223. The van der Waals surface area contributed by atoms with E-state index in [1.54, 1.807) is 0 Å². The van der Waals surface area contributed by atoms with Gasteiger partial charge < -0.3 is 4.90 Å². The molecule has 1 amide bonds. The van der Waals surface area contributed by atoms with E-state index in [2.05, 4.69) is 29.8 Å². The van der Waals surface area contributed by atoms with Crippen molar-refractivity contribution in [2.75, 3.05) is 13.1 Å². The van der Waals surface area contributed by atoms with Gasteiger partial charge in [0.05, 0.1) is 6.42 Å². The maximum atomic E-state index is 12.1. The van der Waals surface area contributed by atoms with E-state index in [1.165, 1.54) is 0 Å². The lowest BCUT2D eigenvalue weighted by atomic mass is 10.1. The molecule has 1 aromatic rings. The van der Waals surface area contributed by atoms with Gasteiger partial charge in [-0.15, -0.1) is 0 Å². The highest BCUT2D eigenvalue weighted by atomic mass is 79.9. The van der Waals surface area contributed by atoms with Crippen molar-refractivity contribution in [3.63, 3.8) is 0 Å². The lowest BCUT2D eigenvalue weighted by molar-refractivity contribution is -0.130. The van der Waals surface area contributed by atoms with Crippen LogP contribution < -0.4 is 0 Å². The first-order chi connectivity index (χ1) is 8.19. The van der Waals surface area contributed by atoms with Gasteiger partial charge in [0.25, 0.3) is 0 Å². The maximum absolute atomic E-state index is 12.1. The molecule has 0 N–H and O–H groups in total.